The number of aliphatic hydroxyl groups excluding tert-OH is 7. The van der Waals surface area contributed by atoms with E-state index in [0.29, 0.717) is 0 Å². The summed E-state index contributed by atoms with van der Waals surface area (Å²) in [7, 11) is 0. The molecule has 2 saturated heterocycles. The van der Waals surface area contributed by atoms with Gasteiger partial charge >= 0.3 is 5.97 Å². The van der Waals surface area contributed by atoms with Crippen LogP contribution in [0.15, 0.2) is 0 Å². The molecule has 2 aliphatic heterocycles. The van der Waals surface area contributed by atoms with Gasteiger partial charge in [-0.3, -0.25) is 0 Å². The molecule has 0 radical (unpaired) electrons. The molecule has 8 N–H and O–H groups in total. The predicted octanol–water partition coefficient (Wildman–Crippen LogP) is -5.36. The molecule has 0 amide bonds. The molecule has 0 aromatic carbocycles. The van der Waals surface area contributed by atoms with Crippen LogP contribution in [0, 0.1) is 0 Å². The van der Waals surface area contributed by atoms with Crippen LogP contribution in [0.3, 0.4) is 0 Å². The maximum absolute atomic E-state index is 10.4. The van der Waals surface area contributed by atoms with Crippen molar-refractivity contribution < 1.29 is 69.6 Å². The van der Waals surface area contributed by atoms with Gasteiger partial charge in [0.25, 0.3) is 0 Å². The van der Waals surface area contributed by atoms with Gasteiger partial charge in [0.15, 0.2) is 12.9 Å². The van der Waals surface area contributed by atoms with Crippen molar-refractivity contribution in [1.29, 1.82) is 0 Å². The number of carboxylic acid groups (broad SMARTS) is 1. The molecule has 0 aromatic rings. The Labute approximate surface area is 157 Å². The van der Waals surface area contributed by atoms with E-state index in [1.54, 1.807) is 0 Å². The lowest BCUT2D eigenvalue weighted by Gasteiger charge is -2.43. The second kappa shape index (κ2) is 9.66. The molecule has 2 fully saturated rings. The SMILES string of the molecule is O=C(O)COOC[C@H]1O[C@H](O[C@]2(CO)O[C@H](CO)[C@@H](O)[C@@H]2O)[C@H](O)[C@@H](O)[C@@H]1O. The number of rotatable bonds is 9. The lowest BCUT2D eigenvalue weighted by atomic mass is 9.99. The van der Waals surface area contributed by atoms with Crippen LogP contribution < -0.4 is 0 Å². The predicted molar refractivity (Wildman–Crippen MR) is 81.1 cm³/mol. The van der Waals surface area contributed by atoms with Crippen LogP contribution in [0.1, 0.15) is 0 Å². The molecule has 164 valence electrons. The van der Waals surface area contributed by atoms with Crippen molar-refractivity contribution >= 4 is 5.97 Å². The van der Waals surface area contributed by atoms with Crippen LogP contribution in [-0.2, 0) is 28.8 Å². The number of hydrogen-bond acceptors (Lipinski definition) is 13. The number of carbonyl (C=O) groups is 1. The molecular weight excluding hydrogens is 392 g/mol. The third kappa shape index (κ3) is 4.76. The maximum Gasteiger partial charge on any atom is 0.333 e. The molecule has 2 heterocycles. The highest BCUT2D eigenvalue weighted by Gasteiger charge is 2.58. The third-order valence-electron chi connectivity index (χ3n) is 4.39. The van der Waals surface area contributed by atoms with Gasteiger partial charge in [0.05, 0.1) is 6.61 Å². The van der Waals surface area contributed by atoms with E-state index in [1.165, 1.54) is 0 Å². The Morgan fingerprint density at radius 1 is 0.929 bits per heavy atom. The third-order valence-corrected chi connectivity index (χ3v) is 4.39. The van der Waals surface area contributed by atoms with E-state index in [1.807, 2.05) is 0 Å². The first kappa shape index (κ1) is 23.3. The summed E-state index contributed by atoms with van der Waals surface area (Å²) in [5.41, 5.74) is 0. The largest absolute Gasteiger partial charge is 0.479 e. The van der Waals surface area contributed by atoms with Crippen LogP contribution in [0.25, 0.3) is 0 Å². The Morgan fingerprint density at radius 3 is 2.14 bits per heavy atom. The van der Waals surface area contributed by atoms with Crippen molar-refractivity contribution in [2.75, 3.05) is 26.4 Å². The lowest BCUT2D eigenvalue weighted by Crippen LogP contribution is -2.62. The van der Waals surface area contributed by atoms with Crippen LogP contribution >= 0.6 is 0 Å². The molecule has 0 aromatic heterocycles. The highest BCUT2D eigenvalue weighted by Crippen LogP contribution is 2.35. The van der Waals surface area contributed by atoms with Gasteiger partial charge in [0.1, 0.15) is 55.9 Å². The first-order valence-electron chi connectivity index (χ1n) is 8.26. The minimum atomic E-state index is -2.30. The highest BCUT2D eigenvalue weighted by molar-refractivity contribution is 5.67. The molecule has 0 spiro atoms. The van der Waals surface area contributed by atoms with Gasteiger partial charge in [-0.25, -0.2) is 14.6 Å². The Hall–Kier alpha value is -1.01. The normalized spacial score (nSPS) is 44.0. The van der Waals surface area contributed by atoms with E-state index in [-0.39, 0.29) is 0 Å². The van der Waals surface area contributed by atoms with Gasteiger partial charge < -0.3 is 55.1 Å². The Balaban J connectivity index is 2.07. The van der Waals surface area contributed by atoms with Gasteiger partial charge in [0.2, 0.25) is 5.79 Å². The van der Waals surface area contributed by atoms with Crippen molar-refractivity contribution in [2.45, 2.75) is 54.8 Å². The summed E-state index contributed by atoms with van der Waals surface area (Å²) >= 11 is 0. The fraction of sp³-hybridized carbons (Fsp3) is 0.929. The summed E-state index contributed by atoms with van der Waals surface area (Å²) in [4.78, 5) is 19.3. The minimum absolute atomic E-state index is 0.574. The number of aliphatic carboxylic acids is 1. The van der Waals surface area contributed by atoms with Crippen LogP contribution in [-0.4, -0.2) is 128 Å². The molecule has 9 atom stereocenters. The Bertz CT molecular complexity index is 518. The topological polar surface area (TPSA) is 225 Å². The zero-order valence-corrected chi connectivity index (χ0v) is 14.5. The summed E-state index contributed by atoms with van der Waals surface area (Å²) in [6, 6.07) is 0. The molecule has 2 aliphatic rings. The number of aliphatic hydroxyl groups is 7. The van der Waals surface area contributed by atoms with E-state index in [0.717, 1.165) is 0 Å². The van der Waals surface area contributed by atoms with Gasteiger partial charge in [-0.1, -0.05) is 0 Å². The van der Waals surface area contributed by atoms with Crippen molar-refractivity contribution in [3.63, 3.8) is 0 Å². The van der Waals surface area contributed by atoms with E-state index in [2.05, 4.69) is 9.78 Å². The molecule has 0 aliphatic carbocycles. The van der Waals surface area contributed by atoms with Crippen molar-refractivity contribution in [1.82, 2.24) is 0 Å². The summed E-state index contributed by atoms with van der Waals surface area (Å²) in [5.74, 6) is -3.62. The molecule has 0 saturated carbocycles. The first-order valence-corrected chi connectivity index (χ1v) is 8.26. The highest BCUT2D eigenvalue weighted by atomic mass is 17.2. The standard InChI is InChI=1S/C14H24O14/c15-1-5-9(20)12(23)14(4-16,27-5)28-13-11(22)10(21)8(19)6(26-13)2-24-25-3-7(17)18/h5-6,8-13,15-16,19-23H,1-4H2,(H,17,18)/t5-,6-,8-,9-,10+,11-,12+,13-,14+/m1/s1. The Kier molecular flexibility index (Phi) is 8.03. The van der Waals surface area contributed by atoms with Crippen LogP contribution in [0.2, 0.25) is 0 Å². The Morgan fingerprint density at radius 2 is 1.61 bits per heavy atom. The average Bonchev–Trinajstić information content (AvgIpc) is 2.91. The summed E-state index contributed by atoms with van der Waals surface area (Å²) in [6.07, 6.45) is -13.3. The van der Waals surface area contributed by atoms with Crippen molar-refractivity contribution in [2.24, 2.45) is 0 Å². The van der Waals surface area contributed by atoms with Crippen LogP contribution in [0.4, 0.5) is 0 Å². The van der Waals surface area contributed by atoms with E-state index in [4.69, 9.17) is 24.4 Å². The van der Waals surface area contributed by atoms with Crippen molar-refractivity contribution in [3.8, 4) is 0 Å². The van der Waals surface area contributed by atoms with Gasteiger partial charge in [0, 0.05) is 0 Å². The fourth-order valence-electron chi connectivity index (χ4n) is 2.83. The number of ether oxygens (including phenoxy) is 3. The van der Waals surface area contributed by atoms with E-state index in [9.17, 15) is 35.4 Å². The monoisotopic (exact) mass is 416 g/mol. The number of hydrogen-bond donors (Lipinski definition) is 8. The van der Waals surface area contributed by atoms with Crippen molar-refractivity contribution in [3.05, 3.63) is 0 Å². The van der Waals surface area contributed by atoms with E-state index >= 15 is 0 Å². The molecule has 28 heavy (non-hydrogen) atoms. The van der Waals surface area contributed by atoms with Gasteiger partial charge in [-0.15, -0.1) is 0 Å². The molecule has 2 rings (SSSR count). The zero-order chi connectivity index (χ0) is 21.1. The summed E-state index contributed by atoms with van der Waals surface area (Å²) in [5, 5.41) is 77.2. The quantitative estimate of drug-likeness (QED) is 0.0998. The minimum Gasteiger partial charge on any atom is -0.479 e. The van der Waals surface area contributed by atoms with Crippen LogP contribution in [0.5, 0.6) is 0 Å². The molecule has 14 heteroatoms. The first-order chi connectivity index (χ1) is 13.2. The molecule has 14 nitrogen and oxygen atoms in total. The van der Waals surface area contributed by atoms with Gasteiger partial charge in [-0.05, 0) is 0 Å². The second-order valence-electron chi connectivity index (χ2n) is 6.32. The molecule has 0 bridgehead atoms. The molecule has 0 unspecified atom stereocenters. The summed E-state index contributed by atoms with van der Waals surface area (Å²) < 4.78 is 15.7. The number of carboxylic acids is 1. The summed E-state index contributed by atoms with van der Waals surface area (Å²) in [6.45, 7) is -3.11. The zero-order valence-electron chi connectivity index (χ0n) is 14.5. The van der Waals surface area contributed by atoms with E-state index < -0.39 is 87.2 Å². The second-order valence-corrected chi connectivity index (χ2v) is 6.32. The average molecular weight is 416 g/mol. The lowest BCUT2D eigenvalue weighted by molar-refractivity contribution is -0.394. The smallest absolute Gasteiger partial charge is 0.333 e. The fourth-order valence-corrected chi connectivity index (χ4v) is 2.83. The van der Waals surface area contributed by atoms with Gasteiger partial charge in [-0.2, -0.15) is 0 Å². The molecular formula is C14H24O14. The maximum atomic E-state index is 10.4.